The molecule has 2 atom stereocenters. The second-order valence-electron chi connectivity index (χ2n) is 4.58. The summed E-state index contributed by atoms with van der Waals surface area (Å²) in [6.45, 7) is 3.05. The van der Waals surface area contributed by atoms with Crippen molar-refractivity contribution in [1.29, 1.82) is 0 Å². The Morgan fingerprint density at radius 3 is 3.12 bits per heavy atom. The number of nitrogens with zero attached hydrogens (tertiary/aromatic N) is 1. The van der Waals surface area contributed by atoms with Gasteiger partial charge in [-0.3, -0.25) is 0 Å². The van der Waals surface area contributed by atoms with E-state index < -0.39 is 0 Å². The highest BCUT2D eigenvalue weighted by Gasteiger charge is 2.27. The van der Waals surface area contributed by atoms with Gasteiger partial charge in [0.15, 0.2) is 0 Å². The van der Waals surface area contributed by atoms with E-state index in [1.807, 2.05) is 0 Å². The number of hydrogen-bond donors (Lipinski definition) is 1. The van der Waals surface area contributed by atoms with Crippen molar-refractivity contribution < 1.29 is 4.74 Å². The van der Waals surface area contributed by atoms with Crippen LogP contribution in [0.2, 0.25) is 0 Å². The molecule has 2 heterocycles. The van der Waals surface area contributed by atoms with Gasteiger partial charge in [0.2, 0.25) is 0 Å². The van der Waals surface area contributed by atoms with Crippen molar-refractivity contribution in [2.75, 3.05) is 13.7 Å². The number of benzene rings is 1. The molecule has 1 aliphatic rings. The van der Waals surface area contributed by atoms with Gasteiger partial charge >= 0.3 is 0 Å². The third-order valence-corrected chi connectivity index (χ3v) is 4.41. The molecular formula is C13H16N2OS. The van der Waals surface area contributed by atoms with Crippen LogP contribution >= 0.6 is 11.3 Å². The number of fused-ring (bicyclic) bond motifs is 1. The van der Waals surface area contributed by atoms with E-state index in [1.54, 1.807) is 18.4 Å². The minimum absolute atomic E-state index is 0.328. The predicted molar refractivity (Wildman–Crippen MR) is 70.5 cm³/mol. The lowest BCUT2D eigenvalue weighted by Gasteiger charge is -2.05. The van der Waals surface area contributed by atoms with E-state index in [0.29, 0.717) is 12.1 Å². The zero-order valence-electron chi connectivity index (χ0n) is 10.1. The molecule has 1 saturated heterocycles. The molecule has 17 heavy (non-hydrogen) atoms. The van der Waals surface area contributed by atoms with Crippen LogP contribution < -0.4 is 5.32 Å². The lowest BCUT2D eigenvalue weighted by molar-refractivity contribution is 0.117. The molecule has 1 fully saturated rings. The van der Waals surface area contributed by atoms with Crippen LogP contribution in [0.3, 0.4) is 0 Å². The molecule has 0 saturated carbocycles. The Kier molecular flexibility index (Phi) is 2.86. The molecule has 2 unspecified atom stereocenters. The van der Waals surface area contributed by atoms with Crippen LogP contribution in [0.25, 0.3) is 10.2 Å². The summed E-state index contributed by atoms with van der Waals surface area (Å²) in [5, 5.41) is 4.66. The lowest BCUT2D eigenvalue weighted by Crippen LogP contribution is -2.15. The van der Waals surface area contributed by atoms with E-state index >= 15 is 0 Å². The van der Waals surface area contributed by atoms with Crippen LogP contribution in [0.15, 0.2) is 18.2 Å². The molecule has 1 aliphatic heterocycles. The predicted octanol–water partition coefficient (Wildman–Crippen LogP) is 2.65. The van der Waals surface area contributed by atoms with Gasteiger partial charge in [0.25, 0.3) is 0 Å². The van der Waals surface area contributed by atoms with E-state index in [0.717, 1.165) is 18.5 Å². The molecule has 0 spiro atoms. The van der Waals surface area contributed by atoms with Crippen LogP contribution in [-0.2, 0) is 4.74 Å². The quantitative estimate of drug-likeness (QED) is 0.887. The maximum atomic E-state index is 5.37. The fourth-order valence-corrected chi connectivity index (χ4v) is 3.42. The number of rotatable bonds is 2. The third-order valence-electron chi connectivity index (χ3n) is 3.28. The van der Waals surface area contributed by atoms with Gasteiger partial charge in [-0.05, 0) is 31.0 Å². The Balaban J connectivity index is 1.91. The summed E-state index contributed by atoms with van der Waals surface area (Å²) < 4.78 is 6.65. The fraction of sp³-hybridized carbons (Fsp3) is 0.462. The standard InChI is InChI=1S/C13H16N2OS/c1-8-3-4-10-12(5-8)17-13(15-10)11-6-9(16-2)7-14-11/h3-5,9,11,14H,6-7H2,1-2H3. The van der Waals surface area contributed by atoms with Crippen molar-refractivity contribution in [3.63, 3.8) is 0 Å². The number of methoxy groups -OCH3 is 1. The summed E-state index contributed by atoms with van der Waals surface area (Å²) in [6.07, 6.45) is 1.35. The number of aryl methyl sites for hydroxylation is 1. The molecule has 90 valence electrons. The first-order chi connectivity index (χ1) is 8.26. The smallest absolute Gasteiger partial charge is 0.111 e. The average molecular weight is 248 g/mol. The van der Waals surface area contributed by atoms with E-state index in [1.165, 1.54) is 15.3 Å². The molecule has 0 aliphatic carbocycles. The Hall–Kier alpha value is -0.970. The van der Waals surface area contributed by atoms with Crippen LogP contribution in [0.1, 0.15) is 23.0 Å². The maximum absolute atomic E-state index is 5.37. The Bertz CT molecular complexity index is 537. The van der Waals surface area contributed by atoms with Crippen LogP contribution in [-0.4, -0.2) is 24.7 Å². The van der Waals surface area contributed by atoms with E-state index in [-0.39, 0.29) is 0 Å². The van der Waals surface area contributed by atoms with Crippen LogP contribution in [0, 0.1) is 6.92 Å². The number of aromatic nitrogens is 1. The van der Waals surface area contributed by atoms with Crippen molar-refractivity contribution in [3.05, 3.63) is 28.8 Å². The average Bonchev–Trinajstić information content (AvgIpc) is 2.93. The Morgan fingerprint density at radius 2 is 2.35 bits per heavy atom. The van der Waals surface area contributed by atoms with Crippen molar-refractivity contribution in [2.45, 2.75) is 25.5 Å². The summed E-state index contributed by atoms with van der Waals surface area (Å²) in [7, 11) is 1.77. The van der Waals surface area contributed by atoms with Gasteiger partial charge in [0, 0.05) is 13.7 Å². The van der Waals surface area contributed by atoms with Crippen molar-refractivity contribution in [2.24, 2.45) is 0 Å². The van der Waals surface area contributed by atoms with E-state index in [9.17, 15) is 0 Å². The molecule has 0 bridgehead atoms. The molecule has 0 amide bonds. The normalized spacial score (nSPS) is 24.6. The summed E-state index contributed by atoms with van der Waals surface area (Å²) in [4.78, 5) is 4.71. The minimum atomic E-state index is 0.328. The van der Waals surface area contributed by atoms with Gasteiger partial charge in [-0.25, -0.2) is 4.98 Å². The summed E-state index contributed by atoms with van der Waals surface area (Å²) >= 11 is 1.79. The monoisotopic (exact) mass is 248 g/mol. The van der Waals surface area contributed by atoms with Crippen molar-refractivity contribution >= 4 is 21.6 Å². The molecule has 0 radical (unpaired) electrons. The zero-order valence-corrected chi connectivity index (χ0v) is 10.9. The van der Waals surface area contributed by atoms with Gasteiger partial charge < -0.3 is 10.1 Å². The van der Waals surface area contributed by atoms with Crippen molar-refractivity contribution in [3.8, 4) is 0 Å². The van der Waals surface area contributed by atoms with E-state index in [2.05, 4.69) is 30.4 Å². The van der Waals surface area contributed by atoms with Crippen LogP contribution in [0.5, 0.6) is 0 Å². The highest BCUT2D eigenvalue weighted by atomic mass is 32.1. The van der Waals surface area contributed by atoms with Crippen LogP contribution in [0.4, 0.5) is 0 Å². The van der Waals surface area contributed by atoms with Gasteiger partial charge in [0.1, 0.15) is 5.01 Å². The summed E-state index contributed by atoms with van der Waals surface area (Å²) in [5.41, 5.74) is 2.40. The molecule has 1 N–H and O–H groups in total. The van der Waals surface area contributed by atoms with Gasteiger partial charge in [-0.2, -0.15) is 0 Å². The molecular weight excluding hydrogens is 232 g/mol. The topological polar surface area (TPSA) is 34.1 Å². The number of nitrogens with one attached hydrogen (secondary N) is 1. The Labute approximate surface area is 105 Å². The first-order valence-corrected chi connectivity index (χ1v) is 6.71. The fourth-order valence-electron chi connectivity index (χ4n) is 2.27. The molecule has 2 aromatic rings. The minimum Gasteiger partial charge on any atom is -0.380 e. The number of thiazole rings is 1. The molecule has 3 nitrogen and oxygen atoms in total. The first kappa shape index (κ1) is 11.1. The highest BCUT2D eigenvalue weighted by molar-refractivity contribution is 7.18. The van der Waals surface area contributed by atoms with Crippen molar-refractivity contribution in [1.82, 2.24) is 10.3 Å². The second kappa shape index (κ2) is 4.37. The molecule has 4 heteroatoms. The first-order valence-electron chi connectivity index (χ1n) is 5.89. The summed E-state index contributed by atoms with van der Waals surface area (Å²) in [5.74, 6) is 0. The molecule has 3 rings (SSSR count). The molecule has 1 aromatic carbocycles. The summed E-state index contributed by atoms with van der Waals surface area (Å²) in [6, 6.07) is 6.79. The largest absolute Gasteiger partial charge is 0.380 e. The van der Waals surface area contributed by atoms with E-state index in [4.69, 9.17) is 9.72 Å². The van der Waals surface area contributed by atoms with Gasteiger partial charge in [-0.15, -0.1) is 11.3 Å². The number of ether oxygens (including phenoxy) is 1. The maximum Gasteiger partial charge on any atom is 0.111 e. The highest BCUT2D eigenvalue weighted by Crippen LogP contribution is 2.31. The zero-order chi connectivity index (χ0) is 11.8. The Morgan fingerprint density at radius 1 is 1.47 bits per heavy atom. The second-order valence-corrected chi connectivity index (χ2v) is 5.64. The molecule has 1 aromatic heterocycles. The third kappa shape index (κ3) is 2.08. The van der Waals surface area contributed by atoms with Gasteiger partial charge in [-0.1, -0.05) is 6.07 Å². The lowest BCUT2D eigenvalue weighted by atomic mass is 10.2. The SMILES string of the molecule is COC1CNC(c2nc3ccc(C)cc3s2)C1. The number of hydrogen-bond acceptors (Lipinski definition) is 4. The van der Waals surface area contributed by atoms with Gasteiger partial charge in [0.05, 0.1) is 22.4 Å².